The maximum atomic E-state index is 13.4. The zero-order valence-electron chi connectivity index (χ0n) is 11.5. The molecule has 1 fully saturated rings. The van der Waals surface area contributed by atoms with Crippen molar-refractivity contribution in [3.8, 4) is 0 Å². The summed E-state index contributed by atoms with van der Waals surface area (Å²) in [5.41, 5.74) is 0.0359. The van der Waals surface area contributed by atoms with Crippen LogP contribution in [-0.2, 0) is 11.3 Å². The van der Waals surface area contributed by atoms with Crippen LogP contribution in [0.4, 0.5) is 13.6 Å². The second kappa shape index (κ2) is 6.17. The average molecular weight is 284 g/mol. The predicted octanol–water partition coefficient (Wildman–Crippen LogP) is 2.28. The molecule has 1 N–H and O–H groups in total. The van der Waals surface area contributed by atoms with Gasteiger partial charge in [-0.15, -0.1) is 0 Å². The minimum absolute atomic E-state index is 0.00334. The minimum atomic E-state index is -0.583. The number of piperazine rings is 1. The molecule has 1 amide bonds. The molecule has 2 unspecified atom stereocenters. The second-order valence-corrected chi connectivity index (χ2v) is 5.05. The first-order valence-electron chi connectivity index (χ1n) is 6.58. The molecule has 110 valence electrons. The Labute approximate surface area is 116 Å². The lowest BCUT2D eigenvalue weighted by atomic mass is 10.1. The predicted molar refractivity (Wildman–Crippen MR) is 70.2 cm³/mol. The summed E-state index contributed by atoms with van der Waals surface area (Å²) < 4.78 is 31.6. The SMILES string of the molecule is CC1CNCC(C)N1C(=O)OCc1cc(F)ccc1F. The van der Waals surface area contributed by atoms with Crippen LogP contribution >= 0.6 is 0 Å². The van der Waals surface area contributed by atoms with E-state index in [0.29, 0.717) is 13.1 Å². The molecular formula is C14H18F2N2O2. The van der Waals surface area contributed by atoms with Gasteiger partial charge in [0, 0.05) is 30.7 Å². The number of amides is 1. The van der Waals surface area contributed by atoms with E-state index in [1.807, 2.05) is 13.8 Å². The Morgan fingerprint density at radius 1 is 1.35 bits per heavy atom. The Balaban J connectivity index is 1.99. The van der Waals surface area contributed by atoms with Crippen LogP contribution in [0.1, 0.15) is 19.4 Å². The van der Waals surface area contributed by atoms with Crippen molar-refractivity contribution in [3.05, 3.63) is 35.4 Å². The molecule has 0 radical (unpaired) electrons. The van der Waals surface area contributed by atoms with Gasteiger partial charge in [-0.2, -0.15) is 0 Å². The first-order chi connectivity index (χ1) is 9.49. The van der Waals surface area contributed by atoms with Crippen LogP contribution < -0.4 is 5.32 Å². The number of halogens is 2. The smallest absolute Gasteiger partial charge is 0.410 e. The molecule has 1 aromatic rings. The van der Waals surface area contributed by atoms with E-state index in [1.54, 1.807) is 4.90 Å². The lowest BCUT2D eigenvalue weighted by molar-refractivity contribution is 0.0557. The number of benzene rings is 1. The molecule has 2 atom stereocenters. The number of ether oxygens (including phenoxy) is 1. The molecule has 1 heterocycles. The van der Waals surface area contributed by atoms with Crippen LogP contribution in [0.25, 0.3) is 0 Å². The highest BCUT2D eigenvalue weighted by molar-refractivity contribution is 5.68. The van der Waals surface area contributed by atoms with Gasteiger partial charge in [0.15, 0.2) is 0 Å². The highest BCUT2D eigenvalue weighted by Crippen LogP contribution is 2.15. The van der Waals surface area contributed by atoms with Crippen molar-refractivity contribution in [3.63, 3.8) is 0 Å². The Morgan fingerprint density at radius 2 is 2.00 bits per heavy atom. The van der Waals surface area contributed by atoms with Crippen LogP contribution in [0, 0.1) is 11.6 Å². The van der Waals surface area contributed by atoms with Crippen molar-refractivity contribution in [2.45, 2.75) is 32.5 Å². The standard InChI is InChI=1S/C14H18F2N2O2/c1-9-6-17-7-10(2)18(9)14(19)20-8-11-5-12(15)3-4-13(11)16/h3-5,9-10,17H,6-8H2,1-2H3. The van der Waals surface area contributed by atoms with E-state index >= 15 is 0 Å². The van der Waals surface area contributed by atoms with E-state index in [0.717, 1.165) is 18.2 Å². The molecule has 0 spiro atoms. The molecule has 6 heteroatoms. The van der Waals surface area contributed by atoms with Crippen LogP contribution in [0.15, 0.2) is 18.2 Å². The molecule has 0 saturated carbocycles. The maximum absolute atomic E-state index is 13.4. The number of carbonyl (C=O) groups is 1. The van der Waals surface area contributed by atoms with Gasteiger partial charge in [-0.1, -0.05) is 0 Å². The first kappa shape index (κ1) is 14.7. The van der Waals surface area contributed by atoms with Crippen molar-refractivity contribution in [1.82, 2.24) is 10.2 Å². The molecule has 20 heavy (non-hydrogen) atoms. The quantitative estimate of drug-likeness (QED) is 0.906. The maximum Gasteiger partial charge on any atom is 0.410 e. The summed E-state index contributed by atoms with van der Waals surface area (Å²) in [6, 6.07) is 3.09. The molecule has 0 aliphatic carbocycles. The molecule has 4 nitrogen and oxygen atoms in total. The molecule has 1 saturated heterocycles. The Morgan fingerprint density at radius 3 is 2.65 bits per heavy atom. The Hall–Kier alpha value is -1.69. The molecule has 1 aromatic carbocycles. The summed E-state index contributed by atoms with van der Waals surface area (Å²) in [5.74, 6) is -1.14. The molecule has 1 aliphatic rings. The Bertz CT molecular complexity index is 486. The number of nitrogens with one attached hydrogen (secondary N) is 1. The van der Waals surface area contributed by atoms with E-state index < -0.39 is 17.7 Å². The second-order valence-electron chi connectivity index (χ2n) is 5.05. The third-order valence-corrected chi connectivity index (χ3v) is 3.40. The number of carbonyl (C=O) groups excluding carboxylic acids is 1. The van der Waals surface area contributed by atoms with E-state index in [-0.39, 0.29) is 24.3 Å². The third-order valence-electron chi connectivity index (χ3n) is 3.40. The van der Waals surface area contributed by atoms with Crippen LogP contribution in [0.2, 0.25) is 0 Å². The van der Waals surface area contributed by atoms with Gasteiger partial charge in [0.1, 0.15) is 18.2 Å². The summed E-state index contributed by atoms with van der Waals surface area (Å²) in [6.07, 6.45) is -0.504. The topological polar surface area (TPSA) is 41.6 Å². The third kappa shape index (κ3) is 3.25. The fourth-order valence-electron chi connectivity index (χ4n) is 2.36. The van der Waals surface area contributed by atoms with Crippen molar-refractivity contribution in [2.24, 2.45) is 0 Å². The Kier molecular flexibility index (Phi) is 4.54. The normalized spacial score (nSPS) is 22.7. The fraction of sp³-hybridized carbons (Fsp3) is 0.500. The van der Waals surface area contributed by atoms with E-state index in [9.17, 15) is 13.6 Å². The van der Waals surface area contributed by atoms with Gasteiger partial charge in [0.2, 0.25) is 0 Å². The van der Waals surface area contributed by atoms with Crippen molar-refractivity contribution >= 4 is 6.09 Å². The van der Waals surface area contributed by atoms with Crippen LogP contribution in [0.5, 0.6) is 0 Å². The lowest BCUT2D eigenvalue weighted by Crippen LogP contribution is -2.57. The summed E-state index contributed by atoms with van der Waals surface area (Å²) in [7, 11) is 0. The number of nitrogens with zero attached hydrogens (tertiary/aromatic N) is 1. The summed E-state index contributed by atoms with van der Waals surface area (Å²) >= 11 is 0. The molecular weight excluding hydrogens is 266 g/mol. The monoisotopic (exact) mass is 284 g/mol. The summed E-state index contributed by atoms with van der Waals surface area (Å²) in [5, 5.41) is 3.20. The van der Waals surface area contributed by atoms with Gasteiger partial charge in [-0.25, -0.2) is 13.6 Å². The van der Waals surface area contributed by atoms with Gasteiger partial charge in [-0.3, -0.25) is 0 Å². The molecule has 1 aliphatic heterocycles. The van der Waals surface area contributed by atoms with Gasteiger partial charge < -0.3 is 15.0 Å². The van der Waals surface area contributed by atoms with E-state index in [1.165, 1.54) is 0 Å². The van der Waals surface area contributed by atoms with Crippen LogP contribution in [0.3, 0.4) is 0 Å². The number of hydrogen-bond acceptors (Lipinski definition) is 3. The summed E-state index contributed by atoms with van der Waals surface area (Å²) in [6.45, 7) is 4.92. The van der Waals surface area contributed by atoms with Gasteiger partial charge in [-0.05, 0) is 32.0 Å². The van der Waals surface area contributed by atoms with E-state index in [4.69, 9.17) is 4.74 Å². The highest BCUT2D eigenvalue weighted by Gasteiger charge is 2.30. The van der Waals surface area contributed by atoms with Crippen LogP contribution in [-0.4, -0.2) is 36.2 Å². The fourth-order valence-corrected chi connectivity index (χ4v) is 2.36. The van der Waals surface area contributed by atoms with Crippen molar-refractivity contribution < 1.29 is 18.3 Å². The number of hydrogen-bond donors (Lipinski definition) is 1. The highest BCUT2D eigenvalue weighted by atomic mass is 19.1. The first-order valence-corrected chi connectivity index (χ1v) is 6.58. The van der Waals surface area contributed by atoms with Crippen molar-refractivity contribution in [1.29, 1.82) is 0 Å². The van der Waals surface area contributed by atoms with E-state index in [2.05, 4.69) is 5.32 Å². The zero-order valence-corrected chi connectivity index (χ0v) is 11.5. The lowest BCUT2D eigenvalue weighted by Gasteiger charge is -2.38. The average Bonchev–Trinajstić information content (AvgIpc) is 2.39. The molecule has 0 bridgehead atoms. The molecule has 2 rings (SSSR count). The minimum Gasteiger partial charge on any atom is -0.444 e. The zero-order chi connectivity index (χ0) is 14.7. The van der Waals surface area contributed by atoms with Gasteiger partial charge in [0.25, 0.3) is 0 Å². The largest absolute Gasteiger partial charge is 0.444 e. The van der Waals surface area contributed by atoms with Crippen molar-refractivity contribution in [2.75, 3.05) is 13.1 Å². The van der Waals surface area contributed by atoms with Gasteiger partial charge >= 0.3 is 6.09 Å². The number of rotatable bonds is 2. The van der Waals surface area contributed by atoms with Gasteiger partial charge in [0.05, 0.1) is 0 Å². The molecule has 0 aromatic heterocycles. The summed E-state index contributed by atoms with van der Waals surface area (Å²) in [4.78, 5) is 13.7.